The summed E-state index contributed by atoms with van der Waals surface area (Å²) < 4.78 is 5.62. The minimum atomic E-state index is -1.17. The van der Waals surface area contributed by atoms with Crippen LogP contribution in [0.1, 0.15) is 58.6 Å². The number of hydrogen-bond donors (Lipinski definition) is 6. The van der Waals surface area contributed by atoms with Crippen LogP contribution in [0.15, 0.2) is 109 Å². The van der Waals surface area contributed by atoms with E-state index in [-0.39, 0.29) is 38.3 Å². The maximum absolute atomic E-state index is 14.1. The van der Waals surface area contributed by atoms with Crippen molar-refractivity contribution in [3.8, 4) is 17.0 Å². The van der Waals surface area contributed by atoms with Crippen LogP contribution in [0.4, 0.5) is 4.79 Å². The van der Waals surface area contributed by atoms with Gasteiger partial charge >= 0.3 is 6.09 Å². The summed E-state index contributed by atoms with van der Waals surface area (Å²) in [5.41, 5.74) is 2.16. The Hall–Kier alpha value is -5.75. The van der Waals surface area contributed by atoms with Gasteiger partial charge in [-0.1, -0.05) is 113 Å². The topological polar surface area (TPSA) is 179 Å². The summed E-state index contributed by atoms with van der Waals surface area (Å²) in [5.74, 6) is -0.718. The Morgan fingerprint density at radius 1 is 0.732 bits per heavy atom. The van der Waals surface area contributed by atoms with Crippen molar-refractivity contribution in [3.05, 3.63) is 120 Å². The highest BCUT2D eigenvalue weighted by Gasteiger charge is 2.36. The number of aliphatic hydroxyl groups is 1. The van der Waals surface area contributed by atoms with Gasteiger partial charge in [-0.25, -0.2) is 4.79 Å². The molecule has 1 heterocycles. The van der Waals surface area contributed by atoms with Gasteiger partial charge in [0.2, 0.25) is 11.8 Å². The van der Waals surface area contributed by atoms with Crippen LogP contribution < -0.4 is 26.0 Å². The van der Waals surface area contributed by atoms with E-state index in [4.69, 9.17) is 9.84 Å². The monoisotopic (exact) mass is 765 g/mol. The highest BCUT2D eigenvalue weighted by Crippen LogP contribution is 2.23. The minimum absolute atomic E-state index is 0.0314. The van der Waals surface area contributed by atoms with Gasteiger partial charge in [-0.2, -0.15) is 0 Å². The number of nitrogens with zero attached hydrogens (tertiary/aromatic N) is 1. The van der Waals surface area contributed by atoms with Crippen LogP contribution in [-0.2, 0) is 27.2 Å². The van der Waals surface area contributed by atoms with Gasteiger partial charge in [-0.3, -0.25) is 19.4 Å². The smallest absolute Gasteiger partial charge is 0.404 e. The number of ether oxygens (including phenoxy) is 1. The predicted octanol–water partition coefficient (Wildman–Crippen LogP) is 5.55. The average Bonchev–Trinajstić information content (AvgIpc) is 3.15. The molecule has 56 heavy (non-hydrogen) atoms. The van der Waals surface area contributed by atoms with E-state index in [0.717, 1.165) is 22.4 Å². The second-order valence-corrected chi connectivity index (χ2v) is 16.0. The number of benzene rings is 3. The number of carboxylic acid groups (broad SMARTS) is 1. The van der Waals surface area contributed by atoms with Gasteiger partial charge in [0.1, 0.15) is 11.8 Å². The van der Waals surface area contributed by atoms with Gasteiger partial charge in [-0.05, 0) is 65.5 Å². The number of nitrogens with one attached hydrogen (secondary N) is 4. The number of carbonyl (C=O) groups excluding carboxylic acids is 3. The van der Waals surface area contributed by atoms with Gasteiger partial charge in [0.05, 0.1) is 17.8 Å². The Morgan fingerprint density at radius 3 is 1.96 bits per heavy atom. The molecule has 298 valence electrons. The SMILES string of the molecule is CC(C)(CNC(=O)O)CC(=O)NC(Cc1ccc(-c2ccccn2)cc1)CC(O)C(Cc1ccccc1)NC(=O)C(NC(=O)COc1ccccc1)C(C)(C)C. The van der Waals surface area contributed by atoms with E-state index in [1.54, 1.807) is 44.3 Å². The fraction of sp³-hybridized carbons (Fsp3) is 0.386. The third-order valence-electron chi connectivity index (χ3n) is 9.28. The number of aliphatic hydroxyl groups excluding tert-OH is 1. The fourth-order valence-electron chi connectivity index (χ4n) is 6.33. The first-order valence-electron chi connectivity index (χ1n) is 18.8. The van der Waals surface area contributed by atoms with E-state index < -0.39 is 53.0 Å². The maximum Gasteiger partial charge on any atom is 0.404 e. The zero-order valence-corrected chi connectivity index (χ0v) is 32.8. The second-order valence-electron chi connectivity index (χ2n) is 16.0. The molecule has 0 radical (unpaired) electrons. The first kappa shape index (κ1) is 43.0. The van der Waals surface area contributed by atoms with E-state index in [0.29, 0.717) is 12.2 Å². The molecule has 6 N–H and O–H groups in total. The summed E-state index contributed by atoms with van der Waals surface area (Å²) in [6, 6.07) is 29.6. The molecule has 0 spiro atoms. The quantitative estimate of drug-likeness (QED) is 0.0720. The van der Waals surface area contributed by atoms with Gasteiger partial charge in [0, 0.05) is 30.8 Å². The molecule has 4 amide bonds. The number of hydrogen-bond acceptors (Lipinski definition) is 7. The molecule has 4 aromatic rings. The second kappa shape index (κ2) is 20.2. The summed E-state index contributed by atoms with van der Waals surface area (Å²) >= 11 is 0. The minimum Gasteiger partial charge on any atom is -0.484 e. The lowest BCUT2D eigenvalue weighted by atomic mass is 9.85. The molecule has 1 aromatic heterocycles. The van der Waals surface area contributed by atoms with E-state index in [2.05, 4.69) is 26.3 Å². The van der Waals surface area contributed by atoms with Crippen molar-refractivity contribution in [2.24, 2.45) is 10.8 Å². The largest absolute Gasteiger partial charge is 0.484 e. The van der Waals surface area contributed by atoms with Crippen LogP contribution in [0.2, 0.25) is 0 Å². The van der Waals surface area contributed by atoms with Gasteiger partial charge in [0.25, 0.3) is 5.91 Å². The van der Waals surface area contributed by atoms with E-state index in [1.807, 2.05) is 99.6 Å². The number of para-hydroxylation sites is 1. The zero-order valence-electron chi connectivity index (χ0n) is 32.8. The van der Waals surface area contributed by atoms with Crippen molar-refractivity contribution in [2.45, 2.75) is 84.5 Å². The molecular formula is C44H55N5O7. The molecule has 3 aromatic carbocycles. The lowest BCUT2D eigenvalue weighted by Gasteiger charge is -2.34. The van der Waals surface area contributed by atoms with Crippen molar-refractivity contribution >= 4 is 23.8 Å². The molecule has 12 heteroatoms. The van der Waals surface area contributed by atoms with Gasteiger partial charge in [-0.15, -0.1) is 0 Å². The van der Waals surface area contributed by atoms with E-state index >= 15 is 0 Å². The normalized spacial score (nSPS) is 13.7. The highest BCUT2D eigenvalue weighted by molar-refractivity contribution is 5.89. The maximum atomic E-state index is 14.1. The first-order chi connectivity index (χ1) is 26.6. The third kappa shape index (κ3) is 14.5. The van der Waals surface area contributed by atoms with Crippen molar-refractivity contribution in [3.63, 3.8) is 0 Å². The first-order valence-corrected chi connectivity index (χ1v) is 18.8. The molecule has 0 saturated carbocycles. The lowest BCUT2D eigenvalue weighted by molar-refractivity contribution is -0.133. The number of rotatable bonds is 19. The summed E-state index contributed by atoms with van der Waals surface area (Å²) in [5, 5.41) is 32.4. The number of carbonyl (C=O) groups is 4. The summed E-state index contributed by atoms with van der Waals surface area (Å²) in [7, 11) is 0. The van der Waals surface area contributed by atoms with Crippen LogP contribution in [0.25, 0.3) is 11.3 Å². The lowest BCUT2D eigenvalue weighted by Crippen LogP contribution is -2.58. The predicted molar refractivity (Wildman–Crippen MR) is 216 cm³/mol. The Bertz CT molecular complexity index is 1850. The molecule has 0 aliphatic heterocycles. The zero-order chi connectivity index (χ0) is 40.7. The molecule has 0 fully saturated rings. The van der Waals surface area contributed by atoms with Crippen LogP contribution in [-0.4, -0.2) is 76.4 Å². The van der Waals surface area contributed by atoms with Crippen LogP contribution in [0.3, 0.4) is 0 Å². The molecule has 4 unspecified atom stereocenters. The molecule has 12 nitrogen and oxygen atoms in total. The molecule has 4 rings (SSSR count). The molecule has 0 aliphatic rings. The summed E-state index contributed by atoms with van der Waals surface area (Å²) in [4.78, 5) is 56.2. The summed E-state index contributed by atoms with van der Waals surface area (Å²) in [6.45, 7) is 8.92. The number of pyridine rings is 1. The number of amides is 4. The van der Waals surface area contributed by atoms with Crippen molar-refractivity contribution < 1.29 is 34.1 Å². The Kier molecular flexibility index (Phi) is 15.5. The van der Waals surface area contributed by atoms with Gasteiger partial charge in [0.15, 0.2) is 6.61 Å². The molecule has 0 saturated heterocycles. The Balaban J connectivity index is 1.55. The van der Waals surface area contributed by atoms with Crippen molar-refractivity contribution in [1.82, 2.24) is 26.3 Å². The van der Waals surface area contributed by atoms with Crippen molar-refractivity contribution in [2.75, 3.05) is 13.2 Å². The van der Waals surface area contributed by atoms with E-state index in [1.165, 1.54) is 0 Å². The highest BCUT2D eigenvalue weighted by atomic mass is 16.5. The Morgan fingerprint density at radius 2 is 1.36 bits per heavy atom. The standard InChI is InChI=1S/C44H55N5O7/c1-43(2,3)40(49-39(52)28-56-34-16-10-7-11-17-34)41(53)48-36(25-30-14-8-6-9-15-30)37(50)26-33(47-38(51)27-44(4,5)29-46-42(54)55)24-31-19-21-32(22-20-31)35-18-12-13-23-45-35/h6-23,33,36-37,40,46,50H,24-29H2,1-5H3,(H,47,51)(H,48,53)(H,49,52)(H,54,55). The fourth-order valence-corrected chi connectivity index (χ4v) is 6.33. The number of aromatic nitrogens is 1. The molecular weight excluding hydrogens is 711 g/mol. The molecule has 0 aliphatic carbocycles. The molecule has 0 bridgehead atoms. The average molecular weight is 766 g/mol. The van der Waals surface area contributed by atoms with Gasteiger partial charge < -0.3 is 36.2 Å². The Labute approximate surface area is 329 Å². The van der Waals surface area contributed by atoms with Crippen LogP contribution >= 0.6 is 0 Å². The van der Waals surface area contributed by atoms with Crippen molar-refractivity contribution in [1.29, 1.82) is 0 Å². The molecule has 4 atom stereocenters. The third-order valence-corrected chi connectivity index (χ3v) is 9.28. The van der Waals surface area contributed by atoms with Crippen LogP contribution in [0, 0.1) is 10.8 Å². The summed E-state index contributed by atoms with van der Waals surface area (Å²) in [6.07, 6.45) is 0.189. The van der Waals surface area contributed by atoms with Crippen LogP contribution in [0.5, 0.6) is 5.75 Å². The van der Waals surface area contributed by atoms with E-state index in [9.17, 15) is 24.3 Å².